The van der Waals surface area contributed by atoms with E-state index in [1.165, 1.54) is 24.0 Å². The number of benzene rings is 2. The van der Waals surface area contributed by atoms with Gasteiger partial charge in [0.25, 0.3) is 0 Å². The minimum atomic E-state index is 0.142. The molecule has 1 fully saturated rings. The standard InChI is InChI=1S/C24H29N3O2/c1-17-4-8-21(9-5-17)24-26-25-23(29-24)18(2)27-14-12-20(13-15-27)16-19-6-10-22(28-3)11-7-19/h4-11,18,20H,12-16H2,1-3H3. The highest BCUT2D eigenvalue weighted by atomic mass is 16.5. The Morgan fingerprint density at radius 1 is 1.03 bits per heavy atom. The normalized spacial score (nSPS) is 16.7. The predicted molar refractivity (Wildman–Crippen MR) is 114 cm³/mol. The van der Waals surface area contributed by atoms with E-state index in [4.69, 9.17) is 9.15 Å². The van der Waals surface area contributed by atoms with Crippen LogP contribution in [0.4, 0.5) is 0 Å². The van der Waals surface area contributed by atoms with Crippen LogP contribution in [0.25, 0.3) is 11.5 Å². The Kier molecular flexibility index (Phi) is 5.95. The number of piperidine rings is 1. The van der Waals surface area contributed by atoms with Gasteiger partial charge in [0, 0.05) is 5.56 Å². The molecule has 2 heterocycles. The van der Waals surface area contributed by atoms with E-state index in [0.29, 0.717) is 11.8 Å². The fourth-order valence-electron chi connectivity index (χ4n) is 4.01. The summed E-state index contributed by atoms with van der Waals surface area (Å²) in [6.45, 7) is 6.36. The van der Waals surface area contributed by atoms with Crippen molar-refractivity contribution in [2.24, 2.45) is 5.92 Å². The first-order chi connectivity index (χ1) is 14.1. The van der Waals surface area contributed by atoms with Crippen molar-refractivity contribution in [2.45, 2.75) is 39.2 Å². The van der Waals surface area contributed by atoms with E-state index in [2.05, 4.69) is 53.2 Å². The van der Waals surface area contributed by atoms with Crippen molar-refractivity contribution in [1.82, 2.24) is 15.1 Å². The Morgan fingerprint density at radius 3 is 2.38 bits per heavy atom. The Labute approximate surface area is 172 Å². The van der Waals surface area contributed by atoms with E-state index < -0.39 is 0 Å². The number of ether oxygens (including phenoxy) is 1. The Morgan fingerprint density at radius 2 is 1.72 bits per heavy atom. The number of aromatic nitrogens is 2. The largest absolute Gasteiger partial charge is 0.497 e. The summed E-state index contributed by atoms with van der Waals surface area (Å²) < 4.78 is 11.2. The van der Waals surface area contributed by atoms with Gasteiger partial charge in [-0.2, -0.15) is 0 Å². The third kappa shape index (κ3) is 4.67. The summed E-state index contributed by atoms with van der Waals surface area (Å²) in [6.07, 6.45) is 3.51. The van der Waals surface area contributed by atoms with Gasteiger partial charge < -0.3 is 9.15 Å². The summed E-state index contributed by atoms with van der Waals surface area (Å²) in [5.41, 5.74) is 3.58. The second-order valence-electron chi connectivity index (χ2n) is 8.02. The lowest BCUT2D eigenvalue weighted by molar-refractivity contribution is 0.125. The average molecular weight is 392 g/mol. The van der Waals surface area contributed by atoms with Crippen LogP contribution in [0.2, 0.25) is 0 Å². The molecule has 5 nitrogen and oxygen atoms in total. The first kappa shape index (κ1) is 19.6. The fraction of sp³-hybridized carbons (Fsp3) is 0.417. The summed E-state index contributed by atoms with van der Waals surface area (Å²) in [4.78, 5) is 2.46. The fourth-order valence-corrected chi connectivity index (χ4v) is 4.01. The minimum absolute atomic E-state index is 0.142. The van der Waals surface area contributed by atoms with Crippen LogP contribution in [-0.4, -0.2) is 35.3 Å². The van der Waals surface area contributed by atoms with Crippen molar-refractivity contribution >= 4 is 0 Å². The number of methoxy groups -OCH3 is 1. The molecule has 0 N–H and O–H groups in total. The van der Waals surface area contributed by atoms with Crippen molar-refractivity contribution in [2.75, 3.05) is 20.2 Å². The molecule has 5 heteroatoms. The number of hydrogen-bond acceptors (Lipinski definition) is 5. The highest BCUT2D eigenvalue weighted by Gasteiger charge is 2.27. The van der Waals surface area contributed by atoms with E-state index in [1.54, 1.807) is 7.11 Å². The van der Waals surface area contributed by atoms with Crippen molar-refractivity contribution in [3.8, 4) is 17.2 Å². The number of aryl methyl sites for hydroxylation is 1. The molecule has 1 aromatic heterocycles. The van der Waals surface area contributed by atoms with E-state index in [0.717, 1.165) is 36.7 Å². The highest BCUT2D eigenvalue weighted by Crippen LogP contribution is 2.29. The number of hydrogen-bond donors (Lipinski definition) is 0. The molecule has 0 aliphatic carbocycles. The van der Waals surface area contributed by atoms with Gasteiger partial charge in [0.15, 0.2) is 0 Å². The maximum Gasteiger partial charge on any atom is 0.247 e. The molecular formula is C24H29N3O2. The van der Waals surface area contributed by atoms with Gasteiger partial charge in [0.05, 0.1) is 13.2 Å². The minimum Gasteiger partial charge on any atom is -0.497 e. The SMILES string of the molecule is COc1ccc(CC2CCN(C(C)c3nnc(-c4ccc(C)cc4)o3)CC2)cc1. The number of likely N-dealkylation sites (tertiary alicyclic amines) is 1. The summed E-state index contributed by atoms with van der Waals surface area (Å²) in [5, 5.41) is 8.59. The summed E-state index contributed by atoms with van der Waals surface area (Å²) in [6, 6.07) is 16.8. The molecule has 152 valence electrons. The van der Waals surface area contributed by atoms with E-state index in [9.17, 15) is 0 Å². The van der Waals surface area contributed by atoms with Crippen LogP contribution in [-0.2, 0) is 6.42 Å². The molecule has 0 saturated carbocycles. The first-order valence-electron chi connectivity index (χ1n) is 10.4. The maximum atomic E-state index is 5.99. The quantitative estimate of drug-likeness (QED) is 0.587. The molecule has 1 atom stereocenters. The van der Waals surface area contributed by atoms with Crippen LogP contribution >= 0.6 is 0 Å². The summed E-state index contributed by atoms with van der Waals surface area (Å²) in [7, 11) is 1.71. The zero-order valence-corrected chi connectivity index (χ0v) is 17.5. The van der Waals surface area contributed by atoms with E-state index >= 15 is 0 Å². The van der Waals surface area contributed by atoms with Gasteiger partial charge in [-0.1, -0.05) is 29.8 Å². The molecule has 0 spiro atoms. The second-order valence-corrected chi connectivity index (χ2v) is 8.02. The van der Waals surface area contributed by atoms with Crippen LogP contribution in [0.1, 0.15) is 42.8 Å². The van der Waals surface area contributed by atoms with Crippen LogP contribution < -0.4 is 4.74 Å². The molecule has 1 saturated heterocycles. The molecular weight excluding hydrogens is 362 g/mol. The molecule has 0 amide bonds. The van der Waals surface area contributed by atoms with E-state index in [1.807, 2.05) is 24.3 Å². The maximum absolute atomic E-state index is 5.99. The molecule has 2 aromatic carbocycles. The van der Waals surface area contributed by atoms with Gasteiger partial charge in [0.1, 0.15) is 5.75 Å². The molecule has 0 bridgehead atoms. The smallest absolute Gasteiger partial charge is 0.247 e. The van der Waals surface area contributed by atoms with Gasteiger partial charge in [-0.15, -0.1) is 10.2 Å². The van der Waals surface area contributed by atoms with Gasteiger partial charge >= 0.3 is 0 Å². The Hall–Kier alpha value is -2.66. The first-order valence-corrected chi connectivity index (χ1v) is 10.4. The lowest BCUT2D eigenvalue weighted by Crippen LogP contribution is -2.36. The second kappa shape index (κ2) is 8.78. The molecule has 3 aromatic rings. The van der Waals surface area contributed by atoms with Crippen LogP contribution in [0.3, 0.4) is 0 Å². The zero-order chi connectivity index (χ0) is 20.2. The predicted octanol–water partition coefficient (Wildman–Crippen LogP) is 5.07. The number of nitrogens with zero attached hydrogens (tertiary/aromatic N) is 3. The summed E-state index contributed by atoms with van der Waals surface area (Å²) in [5.74, 6) is 2.94. The molecule has 1 aliphatic heterocycles. The molecule has 29 heavy (non-hydrogen) atoms. The van der Waals surface area contributed by atoms with Gasteiger partial charge in [-0.25, -0.2) is 0 Å². The van der Waals surface area contributed by atoms with Crippen molar-refractivity contribution < 1.29 is 9.15 Å². The van der Waals surface area contributed by atoms with Crippen molar-refractivity contribution in [1.29, 1.82) is 0 Å². The van der Waals surface area contributed by atoms with Gasteiger partial charge in [-0.3, -0.25) is 4.90 Å². The third-order valence-electron chi connectivity index (χ3n) is 5.98. The van der Waals surface area contributed by atoms with Crippen molar-refractivity contribution in [3.63, 3.8) is 0 Å². The van der Waals surface area contributed by atoms with Crippen LogP contribution in [0.5, 0.6) is 5.75 Å². The number of rotatable bonds is 6. The summed E-state index contributed by atoms with van der Waals surface area (Å²) >= 11 is 0. The molecule has 4 rings (SSSR count). The zero-order valence-electron chi connectivity index (χ0n) is 17.5. The molecule has 1 unspecified atom stereocenters. The van der Waals surface area contributed by atoms with Crippen LogP contribution in [0, 0.1) is 12.8 Å². The lowest BCUT2D eigenvalue weighted by Gasteiger charge is -2.34. The third-order valence-corrected chi connectivity index (χ3v) is 5.98. The monoisotopic (exact) mass is 391 g/mol. The van der Waals surface area contributed by atoms with Crippen LogP contribution in [0.15, 0.2) is 52.9 Å². The topological polar surface area (TPSA) is 51.4 Å². The Bertz CT molecular complexity index is 910. The highest BCUT2D eigenvalue weighted by molar-refractivity contribution is 5.52. The average Bonchev–Trinajstić information content (AvgIpc) is 3.25. The van der Waals surface area contributed by atoms with Gasteiger partial charge in [0.2, 0.25) is 11.8 Å². The van der Waals surface area contributed by atoms with E-state index in [-0.39, 0.29) is 6.04 Å². The molecule has 0 radical (unpaired) electrons. The van der Waals surface area contributed by atoms with Crippen molar-refractivity contribution in [3.05, 3.63) is 65.5 Å². The lowest BCUT2D eigenvalue weighted by atomic mass is 9.89. The molecule has 1 aliphatic rings. The Balaban J connectivity index is 1.33. The van der Waals surface area contributed by atoms with Gasteiger partial charge in [-0.05, 0) is 81.9 Å².